The molecule has 0 unspecified atom stereocenters. The molecule has 3 aromatic rings. The van der Waals surface area contributed by atoms with E-state index in [9.17, 15) is 9.18 Å². The molecule has 2 aromatic heterocycles. The molecule has 4 rings (SSSR count). The summed E-state index contributed by atoms with van der Waals surface area (Å²) in [5, 5.41) is 8.24. The number of rotatable bonds is 3. The monoisotopic (exact) mass is 341 g/mol. The van der Waals surface area contributed by atoms with Crippen molar-refractivity contribution < 1.29 is 13.7 Å². The van der Waals surface area contributed by atoms with Crippen LogP contribution < -0.4 is 0 Å². The molecule has 1 amide bonds. The zero-order valence-corrected chi connectivity index (χ0v) is 13.6. The zero-order chi connectivity index (χ0) is 17.4. The van der Waals surface area contributed by atoms with E-state index in [-0.39, 0.29) is 17.6 Å². The molecular formula is C17H16FN5O2. The minimum atomic E-state index is -0.305. The molecule has 8 heteroatoms. The zero-order valence-electron chi connectivity index (χ0n) is 13.6. The smallest absolute Gasteiger partial charge is 0.272 e. The van der Waals surface area contributed by atoms with Crippen LogP contribution in [-0.2, 0) is 7.05 Å². The number of carbonyl (C=O) groups excluding carboxylic acids is 1. The van der Waals surface area contributed by atoms with Gasteiger partial charge in [0, 0.05) is 31.6 Å². The van der Waals surface area contributed by atoms with Gasteiger partial charge < -0.3 is 9.42 Å². The molecule has 0 N–H and O–H groups in total. The van der Waals surface area contributed by atoms with E-state index in [1.807, 2.05) is 0 Å². The van der Waals surface area contributed by atoms with Crippen LogP contribution in [0.1, 0.15) is 28.7 Å². The van der Waals surface area contributed by atoms with Crippen molar-refractivity contribution in [1.82, 2.24) is 24.8 Å². The molecule has 0 bridgehead atoms. The van der Waals surface area contributed by atoms with Crippen LogP contribution in [0.2, 0.25) is 0 Å². The average Bonchev–Trinajstić information content (AvgIpc) is 3.35. The Bertz CT molecular complexity index is 888. The summed E-state index contributed by atoms with van der Waals surface area (Å²) >= 11 is 0. The fourth-order valence-electron chi connectivity index (χ4n) is 3.11. The third-order valence-electron chi connectivity index (χ3n) is 4.46. The maximum absolute atomic E-state index is 13.1. The lowest BCUT2D eigenvalue weighted by molar-refractivity contribution is 0.0779. The fourth-order valence-corrected chi connectivity index (χ4v) is 3.11. The van der Waals surface area contributed by atoms with Crippen molar-refractivity contribution in [1.29, 1.82) is 0 Å². The van der Waals surface area contributed by atoms with Crippen molar-refractivity contribution in [2.24, 2.45) is 7.05 Å². The summed E-state index contributed by atoms with van der Waals surface area (Å²) < 4.78 is 19.4. The highest BCUT2D eigenvalue weighted by atomic mass is 19.1. The number of carbonyl (C=O) groups is 1. The summed E-state index contributed by atoms with van der Waals surface area (Å²) in [6.45, 7) is 1.19. The summed E-state index contributed by atoms with van der Waals surface area (Å²) in [5.41, 5.74) is 1.90. The summed E-state index contributed by atoms with van der Waals surface area (Å²) in [6, 6.07) is 7.78. The molecule has 1 atom stereocenters. The van der Waals surface area contributed by atoms with Gasteiger partial charge in [-0.1, -0.05) is 5.16 Å². The molecule has 1 saturated heterocycles. The Balaban J connectivity index is 1.54. The molecule has 0 spiro atoms. The molecule has 25 heavy (non-hydrogen) atoms. The fraction of sp³-hybridized carbons (Fsp3) is 0.294. The highest BCUT2D eigenvalue weighted by Crippen LogP contribution is 2.27. The Kier molecular flexibility index (Phi) is 3.79. The van der Waals surface area contributed by atoms with Crippen molar-refractivity contribution >= 4 is 5.91 Å². The molecule has 1 aromatic carbocycles. The number of aromatic nitrogens is 4. The third kappa shape index (κ3) is 2.90. The van der Waals surface area contributed by atoms with Crippen molar-refractivity contribution in [2.45, 2.75) is 12.3 Å². The molecule has 128 valence electrons. The van der Waals surface area contributed by atoms with E-state index >= 15 is 0 Å². The molecule has 0 aliphatic carbocycles. The standard InChI is InChI=1S/C17H16FN5O2/c1-22-15(8-14(20-22)11-2-4-13(18)5-3-11)17(24)23-7-6-12(9-23)16-19-10-25-21-16/h2-5,8,10,12H,6-7,9H2,1H3/t12-/m1/s1. The molecule has 1 aliphatic heterocycles. The lowest BCUT2D eigenvalue weighted by Gasteiger charge is -2.15. The van der Waals surface area contributed by atoms with Gasteiger partial charge in [0.2, 0.25) is 6.39 Å². The van der Waals surface area contributed by atoms with E-state index in [0.717, 1.165) is 12.0 Å². The minimum absolute atomic E-state index is 0.0886. The highest BCUT2D eigenvalue weighted by Gasteiger charge is 2.31. The highest BCUT2D eigenvalue weighted by molar-refractivity contribution is 5.94. The van der Waals surface area contributed by atoms with Crippen LogP contribution in [-0.4, -0.2) is 43.8 Å². The van der Waals surface area contributed by atoms with Gasteiger partial charge in [-0.25, -0.2) is 4.39 Å². The molecule has 1 aliphatic rings. The van der Waals surface area contributed by atoms with Crippen LogP contribution in [0.4, 0.5) is 4.39 Å². The van der Waals surface area contributed by atoms with E-state index < -0.39 is 0 Å². The number of aryl methyl sites for hydroxylation is 1. The van der Waals surface area contributed by atoms with Crippen LogP contribution >= 0.6 is 0 Å². The van der Waals surface area contributed by atoms with Crippen LogP contribution in [0, 0.1) is 5.82 Å². The second kappa shape index (κ2) is 6.12. The van der Waals surface area contributed by atoms with E-state index in [2.05, 4.69) is 15.2 Å². The first-order chi connectivity index (χ1) is 12.1. The van der Waals surface area contributed by atoms with Gasteiger partial charge >= 0.3 is 0 Å². The lowest BCUT2D eigenvalue weighted by Crippen LogP contribution is -2.30. The first-order valence-electron chi connectivity index (χ1n) is 7.97. The maximum Gasteiger partial charge on any atom is 0.272 e. The van der Waals surface area contributed by atoms with Crippen molar-refractivity contribution in [2.75, 3.05) is 13.1 Å². The van der Waals surface area contributed by atoms with Crippen molar-refractivity contribution in [3.8, 4) is 11.3 Å². The van der Waals surface area contributed by atoms with Gasteiger partial charge in [-0.2, -0.15) is 10.1 Å². The molecule has 3 heterocycles. The average molecular weight is 341 g/mol. The van der Waals surface area contributed by atoms with Crippen LogP contribution in [0.15, 0.2) is 41.2 Å². The second-order valence-electron chi connectivity index (χ2n) is 6.07. The second-order valence-corrected chi connectivity index (χ2v) is 6.07. The van der Waals surface area contributed by atoms with E-state index in [4.69, 9.17) is 4.52 Å². The predicted octanol–water partition coefficient (Wildman–Crippen LogP) is 2.24. The van der Waals surface area contributed by atoms with Gasteiger partial charge in [0.1, 0.15) is 11.5 Å². The quantitative estimate of drug-likeness (QED) is 0.730. The number of nitrogens with zero attached hydrogens (tertiary/aromatic N) is 5. The number of hydrogen-bond donors (Lipinski definition) is 0. The Morgan fingerprint density at radius 2 is 2.12 bits per heavy atom. The largest absolute Gasteiger partial charge is 0.343 e. The maximum atomic E-state index is 13.1. The number of halogens is 1. The lowest BCUT2D eigenvalue weighted by atomic mass is 10.1. The Morgan fingerprint density at radius 3 is 2.84 bits per heavy atom. The van der Waals surface area contributed by atoms with E-state index in [0.29, 0.717) is 30.3 Å². The van der Waals surface area contributed by atoms with E-state index in [1.165, 1.54) is 18.5 Å². The summed E-state index contributed by atoms with van der Waals surface area (Å²) in [4.78, 5) is 18.7. The summed E-state index contributed by atoms with van der Waals surface area (Å²) in [7, 11) is 1.73. The van der Waals surface area contributed by atoms with Crippen molar-refractivity contribution in [3.63, 3.8) is 0 Å². The minimum Gasteiger partial charge on any atom is -0.343 e. The van der Waals surface area contributed by atoms with Gasteiger partial charge in [0.05, 0.1) is 5.69 Å². The van der Waals surface area contributed by atoms with Gasteiger partial charge in [-0.3, -0.25) is 9.48 Å². The third-order valence-corrected chi connectivity index (χ3v) is 4.46. The first-order valence-corrected chi connectivity index (χ1v) is 7.97. The molecule has 0 saturated carbocycles. The van der Waals surface area contributed by atoms with Crippen LogP contribution in [0.25, 0.3) is 11.3 Å². The van der Waals surface area contributed by atoms with Crippen LogP contribution in [0.5, 0.6) is 0 Å². The van der Waals surface area contributed by atoms with Gasteiger partial charge in [-0.05, 0) is 36.8 Å². The van der Waals surface area contributed by atoms with E-state index in [1.54, 1.807) is 34.8 Å². The number of benzene rings is 1. The predicted molar refractivity (Wildman–Crippen MR) is 86.2 cm³/mol. The van der Waals surface area contributed by atoms with Gasteiger partial charge in [0.15, 0.2) is 5.82 Å². The Hall–Kier alpha value is -3.03. The number of likely N-dealkylation sites (tertiary alicyclic amines) is 1. The molecule has 0 radical (unpaired) electrons. The summed E-state index contributed by atoms with van der Waals surface area (Å²) in [5.74, 6) is 0.328. The number of hydrogen-bond acceptors (Lipinski definition) is 5. The normalized spacial score (nSPS) is 17.2. The SMILES string of the molecule is Cn1nc(-c2ccc(F)cc2)cc1C(=O)N1CC[C@@H](c2ncon2)C1. The van der Waals surface area contributed by atoms with Crippen LogP contribution in [0.3, 0.4) is 0 Å². The Morgan fingerprint density at radius 1 is 1.32 bits per heavy atom. The Labute approximate surface area is 143 Å². The molecule has 7 nitrogen and oxygen atoms in total. The summed E-state index contributed by atoms with van der Waals surface area (Å²) in [6.07, 6.45) is 2.10. The number of amides is 1. The van der Waals surface area contributed by atoms with Gasteiger partial charge in [-0.15, -0.1) is 0 Å². The first kappa shape index (κ1) is 15.5. The molecule has 1 fully saturated rings. The molecular weight excluding hydrogens is 325 g/mol. The topological polar surface area (TPSA) is 77.0 Å². The van der Waals surface area contributed by atoms with Gasteiger partial charge in [0.25, 0.3) is 5.91 Å². The van der Waals surface area contributed by atoms with Crippen molar-refractivity contribution in [3.05, 3.63) is 54.1 Å².